The Kier molecular flexibility index (Phi) is 3.56. The lowest BCUT2D eigenvalue weighted by atomic mass is 10.3. The highest BCUT2D eigenvalue weighted by atomic mass is 35.5. The predicted molar refractivity (Wildman–Crippen MR) is 58.3 cm³/mol. The molecule has 0 amide bonds. The van der Waals surface area contributed by atoms with E-state index < -0.39 is 0 Å². The second kappa shape index (κ2) is 5.12. The van der Waals surface area contributed by atoms with Gasteiger partial charge in [-0.15, -0.1) is 11.6 Å². The molecule has 1 aliphatic rings. The number of alkyl halides is 1. The van der Waals surface area contributed by atoms with Crippen molar-refractivity contribution in [1.29, 1.82) is 0 Å². The maximum Gasteiger partial charge on any atom is 0.203 e. The summed E-state index contributed by atoms with van der Waals surface area (Å²) >= 11 is 5.58. The first kappa shape index (κ1) is 10.4. The molecule has 0 spiro atoms. The number of ether oxygens (including phenoxy) is 3. The smallest absolute Gasteiger partial charge is 0.203 e. The molecule has 1 heterocycles. The van der Waals surface area contributed by atoms with Crippen LogP contribution in [0.4, 0.5) is 0 Å². The quantitative estimate of drug-likeness (QED) is 0.585. The summed E-state index contributed by atoms with van der Waals surface area (Å²) in [6.07, 6.45) is 0.825. The minimum absolute atomic E-state index is 0.572. The van der Waals surface area contributed by atoms with Crippen LogP contribution in [0.15, 0.2) is 18.2 Å². The number of benzene rings is 1. The molecule has 0 saturated carbocycles. The fourth-order valence-electron chi connectivity index (χ4n) is 1.40. The molecule has 0 radical (unpaired) electrons. The summed E-state index contributed by atoms with van der Waals surface area (Å²) in [5.74, 6) is 2.80. The molecule has 15 heavy (non-hydrogen) atoms. The topological polar surface area (TPSA) is 27.7 Å². The third-order valence-electron chi connectivity index (χ3n) is 2.07. The molecule has 0 fully saturated rings. The van der Waals surface area contributed by atoms with Gasteiger partial charge in [-0.1, -0.05) is 6.07 Å². The second-order valence-corrected chi connectivity index (χ2v) is 3.55. The van der Waals surface area contributed by atoms with E-state index in [1.165, 1.54) is 0 Å². The number of hydrogen-bond acceptors (Lipinski definition) is 3. The number of fused-ring (bicyclic) bond motifs is 1. The number of rotatable bonds is 4. The molecule has 1 aliphatic heterocycles. The zero-order chi connectivity index (χ0) is 10.5. The first-order valence-electron chi connectivity index (χ1n) is 4.99. The molecule has 0 bridgehead atoms. The van der Waals surface area contributed by atoms with Gasteiger partial charge in [-0.2, -0.15) is 0 Å². The van der Waals surface area contributed by atoms with Gasteiger partial charge in [0.1, 0.15) is 13.2 Å². The van der Waals surface area contributed by atoms with Crippen molar-refractivity contribution >= 4 is 11.6 Å². The van der Waals surface area contributed by atoms with E-state index in [0.29, 0.717) is 31.5 Å². The van der Waals surface area contributed by atoms with Crippen molar-refractivity contribution in [2.24, 2.45) is 0 Å². The number of para-hydroxylation sites is 1. The summed E-state index contributed by atoms with van der Waals surface area (Å²) < 4.78 is 16.5. The van der Waals surface area contributed by atoms with Crippen LogP contribution in [0.2, 0.25) is 0 Å². The fourth-order valence-corrected chi connectivity index (χ4v) is 1.51. The Balaban J connectivity index is 2.09. The fraction of sp³-hybridized carbons (Fsp3) is 0.455. The Morgan fingerprint density at radius 1 is 1.27 bits per heavy atom. The highest BCUT2D eigenvalue weighted by molar-refractivity contribution is 6.17. The van der Waals surface area contributed by atoms with Gasteiger partial charge in [0.05, 0.1) is 6.61 Å². The largest absolute Gasteiger partial charge is 0.490 e. The van der Waals surface area contributed by atoms with E-state index in [9.17, 15) is 0 Å². The third-order valence-corrected chi connectivity index (χ3v) is 2.33. The van der Waals surface area contributed by atoms with Gasteiger partial charge in [0.2, 0.25) is 5.75 Å². The normalized spacial score (nSPS) is 13.7. The third kappa shape index (κ3) is 2.48. The molecule has 0 saturated heterocycles. The van der Waals surface area contributed by atoms with Gasteiger partial charge in [0, 0.05) is 5.88 Å². The van der Waals surface area contributed by atoms with Crippen LogP contribution in [-0.4, -0.2) is 25.7 Å². The van der Waals surface area contributed by atoms with Crippen molar-refractivity contribution < 1.29 is 14.2 Å². The molecule has 1 aromatic carbocycles. The molecular formula is C11H13ClO3. The second-order valence-electron chi connectivity index (χ2n) is 3.17. The molecule has 0 atom stereocenters. The van der Waals surface area contributed by atoms with Crippen molar-refractivity contribution in [3.05, 3.63) is 18.2 Å². The average molecular weight is 229 g/mol. The molecule has 0 aromatic heterocycles. The molecule has 0 aliphatic carbocycles. The molecule has 1 aromatic rings. The highest BCUT2D eigenvalue weighted by Crippen LogP contribution is 2.38. The zero-order valence-electron chi connectivity index (χ0n) is 8.37. The van der Waals surface area contributed by atoms with Crippen molar-refractivity contribution in [2.75, 3.05) is 25.7 Å². The first-order valence-corrected chi connectivity index (χ1v) is 5.52. The first-order chi connectivity index (χ1) is 7.42. The van der Waals surface area contributed by atoms with Crippen LogP contribution in [0.1, 0.15) is 6.42 Å². The van der Waals surface area contributed by atoms with E-state index in [4.69, 9.17) is 25.8 Å². The highest BCUT2D eigenvalue weighted by Gasteiger charge is 2.16. The number of hydrogen-bond donors (Lipinski definition) is 0. The summed E-state index contributed by atoms with van der Waals surface area (Å²) in [5, 5.41) is 0. The molecule has 82 valence electrons. The minimum Gasteiger partial charge on any atom is -0.490 e. The van der Waals surface area contributed by atoms with E-state index in [2.05, 4.69) is 0 Å². The molecule has 3 nitrogen and oxygen atoms in total. The van der Waals surface area contributed by atoms with Crippen molar-refractivity contribution in [2.45, 2.75) is 6.42 Å². The van der Waals surface area contributed by atoms with Crippen LogP contribution in [0, 0.1) is 0 Å². The van der Waals surface area contributed by atoms with Gasteiger partial charge in [-0.3, -0.25) is 0 Å². The van der Waals surface area contributed by atoms with Crippen LogP contribution in [0.5, 0.6) is 17.2 Å². The van der Waals surface area contributed by atoms with E-state index in [0.717, 1.165) is 17.9 Å². The Labute approximate surface area is 93.9 Å². The summed E-state index contributed by atoms with van der Waals surface area (Å²) in [5.41, 5.74) is 0. The molecule has 2 rings (SSSR count). The van der Waals surface area contributed by atoms with Gasteiger partial charge in [-0.05, 0) is 18.6 Å². The molecular weight excluding hydrogens is 216 g/mol. The van der Waals surface area contributed by atoms with Gasteiger partial charge >= 0.3 is 0 Å². The monoisotopic (exact) mass is 228 g/mol. The lowest BCUT2D eigenvalue weighted by Gasteiger charge is -2.20. The van der Waals surface area contributed by atoms with Crippen molar-refractivity contribution in [3.63, 3.8) is 0 Å². The predicted octanol–water partition coefficient (Wildman–Crippen LogP) is 2.47. The maximum atomic E-state index is 5.58. The van der Waals surface area contributed by atoms with Gasteiger partial charge in [0.15, 0.2) is 11.5 Å². The Morgan fingerprint density at radius 3 is 3.00 bits per heavy atom. The van der Waals surface area contributed by atoms with Crippen LogP contribution >= 0.6 is 11.6 Å². The van der Waals surface area contributed by atoms with Crippen LogP contribution in [-0.2, 0) is 0 Å². The minimum atomic E-state index is 0.572. The lowest BCUT2D eigenvalue weighted by molar-refractivity contribution is 0.162. The van der Waals surface area contributed by atoms with Gasteiger partial charge in [0.25, 0.3) is 0 Å². The summed E-state index contributed by atoms with van der Waals surface area (Å²) in [4.78, 5) is 0. The Morgan fingerprint density at radius 2 is 2.13 bits per heavy atom. The number of halogens is 1. The lowest BCUT2D eigenvalue weighted by Crippen LogP contribution is -2.16. The van der Waals surface area contributed by atoms with Crippen LogP contribution in [0.25, 0.3) is 0 Å². The van der Waals surface area contributed by atoms with Crippen molar-refractivity contribution in [3.8, 4) is 17.2 Å². The van der Waals surface area contributed by atoms with Crippen molar-refractivity contribution in [1.82, 2.24) is 0 Å². The van der Waals surface area contributed by atoms with E-state index in [1.807, 2.05) is 18.2 Å². The molecule has 0 N–H and O–H groups in total. The standard InChI is InChI=1S/C11H13ClO3/c12-5-2-6-13-9-3-1-4-10-11(9)15-8-7-14-10/h1,3-4H,2,5-8H2. The average Bonchev–Trinajstić information content (AvgIpc) is 2.30. The zero-order valence-corrected chi connectivity index (χ0v) is 9.13. The van der Waals surface area contributed by atoms with Crippen LogP contribution in [0.3, 0.4) is 0 Å². The Hall–Kier alpha value is -1.09. The summed E-state index contributed by atoms with van der Waals surface area (Å²) in [7, 11) is 0. The summed E-state index contributed by atoms with van der Waals surface area (Å²) in [6.45, 7) is 1.77. The van der Waals surface area contributed by atoms with Crippen LogP contribution < -0.4 is 14.2 Å². The summed E-state index contributed by atoms with van der Waals surface area (Å²) in [6, 6.07) is 5.65. The van der Waals surface area contributed by atoms with Gasteiger partial charge in [-0.25, -0.2) is 0 Å². The van der Waals surface area contributed by atoms with E-state index in [-0.39, 0.29) is 0 Å². The SMILES string of the molecule is ClCCCOc1cccc2c1OCCO2. The molecule has 4 heteroatoms. The molecule has 0 unspecified atom stereocenters. The van der Waals surface area contributed by atoms with Gasteiger partial charge < -0.3 is 14.2 Å². The Bertz CT molecular complexity index is 328. The van der Waals surface area contributed by atoms with E-state index in [1.54, 1.807) is 0 Å². The van der Waals surface area contributed by atoms with E-state index >= 15 is 0 Å². The maximum absolute atomic E-state index is 5.58.